The van der Waals surface area contributed by atoms with Gasteiger partial charge in [-0.05, 0) is 55.7 Å². The summed E-state index contributed by atoms with van der Waals surface area (Å²) >= 11 is 0. The van der Waals surface area contributed by atoms with Gasteiger partial charge in [0.15, 0.2) is 0 Å². The van der Waals surface area contributed by atoms with Crippen LogP contribution in [-0.2, 0) is 9.47 Å². The SMILES string of the molecule is CCOC(=O)N1C=CC(=C2C=CN(C(=O)OCC)C=C2C)C=C1. The van der Waals surface area contributed by atoms with E-state index >= 15 is 0 Å². The fourth-order valence-electron chi connectivity index (χ4n) is 2.17. The average Bonchev–Trinajstić information content (AvgIpc) is 2.55. The van der Waals surface area contributed by atoms with Crippen LogP contribution in [0, 0.1) is 0 Å². The maximum Gasteiger partial charge on any atom is 0.417 e. The molecule has 2 amide bonds. The molecule has 0 fully saturated rings. The van der Waals surface area contributed by atoms with E-state index in [0.29, 0.717) is 13.2 Å². The standard InChI is InChI=1S/C17H20N2O4/c1-4-22-16(20)18-9-6-14(7-10-18)15-8-11-19(12-13(15)3)17(21)23-5-2/h6-12H,4-5H2,1-3H3. The quantitative estimate of drug-likeness (QED) is 0.780. The summed E-state index contributed by atoms with van der Waals surface area (Å²) in [5.41, 5.74) is 2.84. The predicted octanol–water partition coefficient (Wildman–Crippen LogP) is 3.67. The minimum atomic E-state index is -0.413. The molecule has 0 aromatic rings. The van der Waals surface area contributed by atoms with Gasteiger partial charge in [-0.2, -0.15) is 0 Å². The summed E-state index contributed by atoms with van der Waals surface area (Å²) in [6.45, 7) is 6.11. The Hall–Kier alpha value is -2.76. The van der Waals surface area contributed by atoms with Crippen molar-refractivity contribution in [1.82, 2.24) is 9.80 Å². The summed E-state index contributed by atoms with van der Waals surface area (Å²) in [4.78, 5) is 26.1. The highest BCUT2D eigenvalue weighted by Gasteiger charge is 2.17. The number of nitrogens with zero attached hydrogens (tertiary/aromatic N) is 2. The molecule has 0 bridgehead atoms. The van der Waals surface area contributed by atoms with Gasteiger partial charge in [0.1, 0.15) is 0 Å². The van der Waals surface area contributed by atoms with Gasteiger partial charge in [0.25, 0.3) is 0 Å². The Morgan fingerprint density at radius 3 is 1.96 bits per heavy atom. The Labute approximate surface area is 135 Å². The predicted molar refractivity (Wildman–Crippen MR) is 85.9 cm³/mol. The average molecular weight is 316 g/mol. The molecule has 0 aliphatic carbocycles. The van der Waals surface area contributed by atoms with Crippen LogP contribution >= 0.6 is 0 Å². The van der Waals surface area contributed by atoms with Crippen LogP contribution < -0.4 is 0 Å². The summed E-state index contributed by atoms with van der Waals surface area (Å²) in [6.07, 6.45) is 11.4. The maximum absolute atomic E-state index is 11.7. The van der Waals surface area contributed by atoms with Gasteiger partial charge in [0.2, 0.25) is 0 Å². The number of allylic oxidation sites excluding steroid dienone is 6. The van der Waals surface area contributed by atoms with Gasteiger partial charge < -0.3 is 9.47 Å². The van der Waals surface area contributed by atoms with Gasteiger partial charge in [-0.25, -0.2) is 9.59 Å². The molecule has 23 heavy (non-hydrogen) atoms. The highest BCUT2D eigenvalue weighted by molar-refractivity contribution is 5.73. The van der Waals surface area contributed by atoms with Gasteiger partial charge in [-0.3, -0.25) is 9.80 Å². The number of carbonyl (C=O) groups excluding carboxylic acids is 2. The van der Waals surface area contributed by atoms with Crippen molar-refractivity contribution < 1.29 is 19.1 Å². The molecule has 2 heterocycles. The Morgan fingerprint density at radius 2 is 1.43 bits per heavy atom. The first-order chi connectivity index (χ1) is 11.1. The lowest BCUT2D eigenvalue weighted by Crippen LogP contribution is -2.24. The summed E-state index contributed by atoms with van der Waals surface area (Å²) in [5, 5.41) is 0. The number of carbonyl (C=O) groups is 2. The van der Waals surface area contributed by atoms with E-state index in [-0.39, 0.29) is 0 Å². The fourth-order valence-corrected chi connectivity index (χ4v) is 2.17. The second kappa shape index (κ2) is 7.49. The van der Waals surface area contributed by atoms with Crippen molar-refractivity contribution in [2.75, 3.05) is 13.2 Å². The van der Waals surface area contributed by atoms with Crippen LogP contribution in [0.25, 0.3) is 0 Å². The largest absolute Gasteiger partial charge is 0.449 e. The summed E-state index contributed by atoms with van der Waals surface area (Å²) < 4.78 is 9.89. The molecule has 2 aliphatic heterocycles. The number of hydrogen-bond acceptors (Lipinski definition) is 4. The third-order valence-electron chi connectivity index (χ3n) is 3.26. The first-order valence-electron chi connectivity index (χ1n) is 7.44. The molecule has 6 nitrogen and oxygen atoms in total. The van der Waals surface area contributed by atoms with Gasteiger partial charge in [0.05, 0.1) is 13.2 Å². The molecule has 0 unspecified atom stereocenters. The minimum Gasteiger partial charge on any atom is -0.449 e. The maximum atomic E-state index is 11.7. The van der Waals surface area contributed by atoms with E-state index in [1.165, 1.54) is 9.80 Å². The Morgan fingerprint density at radius 1 is 0.913 bits per heavy atom. The van der Waals surface area contributed by atoms with Crippen molar-refractivity contribution in [3.05, 3.63) is 59.7 Å². The Balaban J connectivity index is 2.13. The lowest BCUT2D eigenvalue weighted by molar-refractivity contribution is 0.132. The molecule has 0 radical (unpaired) electrons. The third kappa shape index (κ3) is 3.91. The van der Waals surface area contributed by atoms with E-state index in [2.05, 4.69) is 0 Å². The van der Waals surface area contributed by atoms with Crippen molar-refractivity contribution in [2.24, 2.45) is 0 Å². The first kappa shape index (κ1) is 16.6. The van der Waals surface area contributed by atoms with Crippen LogP contribution in [0.15, 0.2) is 59.7 Å². The lowest BCUT2D eigenvalue weighted by atomic mass is 9.98. The number of ether oxygens (including phenoxy) is 2. The van der Waals surface area contributed by atoms with Crippen molar-refractivity contribution >= 4 is 12.2 Å². The molecule has 2 aliphatic rings. The minimum absolute atomic E-state index is 0.333. The second-order valence-electron chi connectivity index (χ2n) is 4.84. The topological polar surface area (TPSA) is 59.1 Å². The zero-order valence-corrected chi connectivity index (χ0v) is 13.5. The van der Waals surface area contributed by atoms with Gasteiger partial charge in [0, 0.05) is 24.8 Å². The molecule has 122 valence electrons. The van der Waals surface area contributed by atoms with Crippen molar-refractivity contribution in [3.8, 4) is 0 Å². The van der Waals surface area contributed by atoms with Crippen LogP contribution in [0.2, 0.25) is 0 Å². The van der Waals surface area contributed by atoms with Crippen molar-refractivity contribution in [3.63, 3.8) is 0 Å². The van der Waals surface area contributed by atoms with Crippen LogP contribution in [0.1, 0.15) is 20.8 Å². The van der Waals surface area contributed by atoms with Crippen LogP contribution in [0.3, 0.4) is 0 Å². The third-order valence-corrected chi connectivity index (χ3v) is 3.26. The van der Waals surface area contributed by atoms with E-state index in [0.717, 1.165) is 16.7 Å². The molecule has 0 atom stereocenters. The summed E-state index contributed by atoms with van der Waals surface area (Å²) in [6, 6.07) is 0. The van der Waals surface area contributed by atoms with E-state index in [1.54, 1.807) is 38.6 Å². The van der Waals surface area contributed by atoms with Crippen molar-refractivity contribution in [2.45, 2.75) is 20.8 Å². The van der Waals surface area contributed by atoms with Crippen molar-refractivity contribution in [1.29, 1.82) is 0 Å². The summed E-state index contributed by atoms with van der Waals surface area (Å²) in [7, 11) is 0. The van der Waals surface area contributed by atoms with E-state index in [1.807, 2.05) is 25.2 Å². The fraction of sp³-hybridized carbons (Fsp3) is 0.294. The highest BCUT2D eigenvalue weighted by Crippen LogP contribution is 2.25. The van der Waals surface area contributed by atoms with E-state index in [9.17, 15) is 9.59 Å². The molecule has 0 saturated carbocycles. The second-order valence-corrected chi connectivity index (χ2v) is 4.84. The molecule has 6 heteroatoms. The Kier molecular flexibility index (Phi) is 5.41. The molecule has 0 saturated heterocycles. The monoisotopic (exact) mass is 316 g/mol. The van der Waals surface area contributed by atoms with E-state index < -0.39 is 12.2 Å². The number of hydrogen-bond donors (Lipinski definition) is 0. The van der Waals surface area contributed by atoms with Crippen LogP contribution in [-0.4, -0.2) is 35.2 Å². The number of amides is 2. The smallest absolute Gasteiger partial charge is 0.417 e. The van der Waals surface area contributed by atoms with E-state index in [4.69, 9.17) is 9.47 Å². The Bertz CT molecular complexity index is 625. The summed E-state index contributed by atoms with van der Waals surface area (Å²) in [5.74, 6) is 0. The molecule has 0 spiro atoms. The molecule has 0 N–H and O–H groups in total. The van der Waals surface area contributed by atoms with Crippen LogP contribution in [0.4, 0.5) is 9.59 Å². The molecular weight excluding hydrogens is 296 g/mol. The molecule has 0 aromatic carbocycles. The van der Waals surface area contributed by atoms with Crippen LogP contribution in [0.5, 0.6) is 0 Å². The van der Waals surface area contributed by atoms with Gasteiger partial charge in [-0.1, -0.05) is 0 Å². The normalized spacial score (nSPS) is 16.6. The zero-order chi connectivity index (χ0) is 16.8. The highest BCUT2D eigenvalue weighted by atomic mass is 16.6. The number of rotatable bonds is 2. The van der Waals surface area contributed by atoms with Gasteiger partial charge in [-0.15, -0.1) is 0 Å². The molecule has 0 aromatic heterocycles. The lowest BCUT2D eigenvalue weighted by Gasteiger charge is -2.22. The molecule has 2 rings (SSSR count). The van der Waals surface area contributed by atoms with Gasteiger partial charge >= 0.3 is 12.2 Å². The molecular formula is C17H20N2O4. The first-order valence-corrected chi connectivity index (χ1v) is 7.44. The zero-order valence-electron chi connectivity index (χ0n) is 13.5.